The minimum Gasteiger partial charge on any atom is -0.744 e. The fraction of sp³-hybridized carbons (Fsp3) is 0.419. The molecule has 0 saturated heterocycles. The van der Waals surface area contributed by atoms with Crippen molar-refractivity contribution in [1.29, 1.82) is 0 Å². The van der Waals surface area contributed by atoms with E-state index in [4.69, 9.17) is 4.42 Å². The molecule has 0 N–H and O–H groups in total. The van der Waals surface area contributed by atoms with E-state index in [0.717, 1.165) is 71.7 Å². The van der Waals surface area contributed by atoms with Crippen LogP contribution in [0, 0.1) is 0 Å². The van der Waals surface area contributed by atoms with Gasteiger partial charge in [-0.1, -0.05) is 0 Å². The molecule has 1 aromatic heterocycles. The molecule has 1 aliphatic heterocycles. The van der Waals surface area contributed by atoms with Gasteiger partial charge in [0.2, 0.25) is 5.69 Å². The number of nitrogens with zero attached hydrogens (tertiary/aromatic N) is 2. The molecule has 0 saturated carbocycles. The van der Waals surface area contributed by atoms with E-state index >= 15 is 0 Å². The monoisotopic (exact) mass is 550 g/mol. The minimum atomic E-state index is -4.57. The van der Waals surface area contributed by atoms with Crippen LogP contribution in [0.4, 0.5) is 11.4 Å². The summed E-state index contributed by atoms with van der Waals surface area (Å²) in [6.45, 7) is 12.5. The predicted octanol–water partition coefficient (Wildman–Crippen LogP) is 6.42. The summed E-state index contributed by atoms with van der Waals surface area (Å²) < 4.78 is 43.7. The molecular weight excluding hydrogens is 512 g/mol. The summed E-state index contributed by atoms with van der Waals surface area (Å²) in [5.74, 6) is 0.921. The maximum absolute atomic E-state index is 11.8. The highest BCUT2D eigenvalue weighted by Crippen LogP contribution is 2.41. The zero-order valence-corrected chi connectivity index (χ0v) is 24.3. The van der Waals surface area contributed by atoms with Crippen LogP contribution >= 0.6 is 0 Å². The van der Waals surface area contributed by atoms with Gasteiger partial charge in [-0.3, -0.25) is 0 Å². The van der Waals surface area contributed by atoms with E-state index in [9.17, 15) is 17.8 Å². The molecule has 2 heterocycles. The van der Waals surface area contributed by atoms with Crippen LogP contribution in [0.25, 0.3) is 17.0 Å². The lowest BCUT2D eigenvalue weighted by Crippen LogP contribution is -2.28. The minimum absolute atomic E-state index is 0.194. The number of carbonyl (C=O) groups is 1. The average molecular weight is 551 g/mol. The van der Waals surface area contributed by atoms with Crippen LogP contribution in [0.3, 0.4) is 0 Å². The number of benzene rings is 2. The van der Waals surface area contributed by atoms with Gasteiger partial charge in [0.05, 0.1) is 10.3 Å². The Morgan fingerprint density at radius 1 is 1.03 bits per heavy atom. The first-order chi connectivity index (χ1) is 18.5. The summed E-state index contributed by atoms with van der Waals surface area (Å²) in [6.07, 6.45) is 7.19. The van der Waals surface area contributed by atoms with Gasteiger partial charge in [-0.05, 0) is 83.9 Å². The average Bonchev–Trinajstić information content (AvgIpc) is 3.37. The largest absolute Gasteiger partial charge is 0.744 e. The number of furan rings is 1. The van der Waals surface area contributed by atoms with Crippen LogP contribution in [-0.4, -0.2) is 48.7 Å². The third kappa shape index (κ3) is 6.17. The maximum atomic E-state index is 11.8. The molecule has 1 aliphatic rings. The Kier molecular flexibility index (Phi) is 8.47. The first-order valence-corrected chi connectivity index (χ1v) is 15.1. The molecular formula is C31H38N2O5S. The van der Waals surface area contributed by atoms with Crippen molar-refractivity contribution >= 4 is 50.0 Å². The van der Waals surface area contributed by atoms with E-state index in [-0.39, 0.29) is 10.7 Å². The van der Waals surface area contributed by atoms with Crippen molar-refractivity contribution in [3.05, 3.63) is 59.9 Å². The van der Waals surface area contributed by atoms with E-state index in [0.29, 0.717) is 13.0 Å². The molecule has 208 valence electrons. The summed E-state index contributed by atoms with van der Waals surface area (Å²) in [4.78, 5) is 13.4. The molecule has 0 spiro atoms. The summed E-state index contributed by atoms with van der Waals surface area (Å²) >= 11 is 0. The highest BCUT2D eigenvalue weighted by Gasteiger charge is 2.44. The lowest BCUT2D eigenvalue weighted by Gasteiger charge is -2.20. The van der Waals surface area contributed by atoms with Crippen molar-refractivity contribution in [2.45, 2.75) is 70.6 Å². The Bertz CT molecular complexity index is 1540. The van der Waals surface area contributed by atoms with Gasteiger partial charge in [0.1, 0.15) is 33.8 Å². The maximum Gasteiger partial charge on any atom is 0.209 e. The Hall–Kier alpha value is -3.23. The van der Waals surface area contributed by atoms with Crippen molar-refractivity contribution in [2.75, 3.05) is 24.5 Å². The topological polar surface area (TPSA) is 93.7 Å². The smallest absolute Gasteiger partial charge is 0.209 e. The standard InChI is InChI=1S/C31H38N2O5S/c1-6-32(7-2)24-13-12-23-19-25(38-29(23)20-24)14-17-30-31(4,5)27-21-26(39(35,36)37)15-16-28(27)33(30)18-10-8-9-11-22(3)34/h12-17,19-21H,6-11,18H2,1-5H3. The van der Waals surface area contributed by atoms with Crippen molar-refractivity contribution in [3.63, 3.8) is 0 Å². The lowest BCUT2D eigenvalue weighted by atomic mass is 9.81. The fourth-order valence-electron chi connectivity index (χ4n) is 5.44. The molecule has 0 aliphatic carbocycles. The number of fused-ring (bicyclic) bond motifs is 2. The van der Waals surface area contributed by atoms with Crippen molar-refractivity contribution < 1.29 is 26.8 Å². The van der Waals surface area contributed by atoms with Gasteiger partial charge in [0, 0.05) is 60.8 Å². The first kappa shape index (κ1) is 28.8. The molecule has 0 unspecified atom stereocenters. The normalized spacial score (nSPS) is 14.9. The Labute approximate surface area is 231 Å². The van der Waals surface area contributed by atoms with Crippen LogP contribution in [0.15, 0.2) is 57.9 Å². The van der Waals surface area contributed by atoms with Gasteiger partial charge in [0.25, 0.3) is 0 Å². The number of hydrogen-bond donors (Lipinski definition) is 0. The molecule has 8 heteroatoms. The number of Topliss-reactive ketones (excluding diaryl/α,β-unsaturated/α-hetero) is 1. The fourth-order valence-corrected chi connectivity index (χ4v) is 5.94. The predicted molar refractivity (Wildman–Crippen MR) is 155 cm³/mol. The second kappa shape index (κ2) is 11.5. The van der Waals surface area contributed by atoms with E-state index in [1.807, 2.05) is 32.1 Å². The van der Waals surface area contributed by atoms with Crippen LogP contribution < -0.4 is 4.90 Å². The Morgan fingerprint density at radius 2 is 1.77 bits per heavy atom. The summed E-state index contributed by atoms with van der Waals surface area (Å²) in [5.41, 5.74) is 4.11. The van der Waals surface area contributed by atoms with Crippen LogP contribution in [0.5, 0.6) is 0 Å². The third-order valence-electron chi connectivity index (χ3n) is 7.62. The van der Waals surface area contributed by atoms with Gasteiger partial charge in [-0.15, -0.1) is 0 Å². The van der Waals surface area contributed by atoms with Crippen LogP contribution in [0.1, 0.15) is 71.6 Å². The van der Waals surface area contributed by atoms with E-state index in [1.54, 1.807) is 13.0 Å². The first-order valence-electron chi connectivity index (χ1n) is 13.7. The second-order valence-corrected chi connectivity index (χ2v) is 12.1. The molecule has 0 amide bonds. The molecule has 0 fully saturated rings. The summed E-state index contributed by atoms with van der Waals surface area (Å²) in [6, 6.07) is 12.9. The van der Waals surface area contributed by atoms with Crippen LogP contribution in [0.2, 0.25) is 0 Å². The summed E-state index contributed by atoms with van der Waals surface area (Å²) in [7, 11) is -4.57. The van der Waals surface area contributed by atoms with Gasteiger partial charge in [-0.2, -0.15) is 4.58 Å². The number of anilines is 1. The molecule has 7 nitrogen and oxygen atoms in total. The molecule has 3 aromatic rings. The van der Waals surface area contributed by atoms with Gasteiger partial charge in [-0.25, -0.2) is 8.42 Å². The van der Waals surface area contributed by atoms with E-state index in [2.05, 4.69) is 41.5 Å². The van der Waals surface area contributed by atoms with Crippen molar-refractivity contribution in [2.24, 2.45) is 0 Å². The van der Waals surface area contributed by atoms with Crippen LogP contribution in [-0.2, 0) is 20.3 Å². The van der Waals surface area contributed by atoms with Crippen molar-refractivity contribution in [3.8, 4) is 0 Å². The van der Waals surface area contributed by atoms with Gasteiger partial charge < -0.3 is 18.7 Å². The lowest BCUT2D eigenvalue weighted by molar-refractivity contribution is -0.438. The zero-order chi connectivity index (χ0) is 28.4. The number of hydrogen-bond acceptors (Lipinski definition) is 6. The van der Waals surface area contributed by atoms with E-state index < -0.39 is 15.5 Å². The molecule has 0 atom stereocenters. The van der Waals surface area contributed by atoms with Gasteiger partial charge in [0.15, 0.2) is 5.71 Å². The quantitative estimate of drug-likeness (QED) is 0.147. The SMILES string of the molecule is CCN(CC)c1ccc2cc(/C=C/C3=[N+](CCCCCC(C)=O)c4ccc(S(=O)(=O)[O-])cc4C3(C)C)oc2c1. The Morgan fingerprint density at radius 3 is 2.44 bits per heavy atom. The number of rotatable bonds is 12. The zero-order valence-electron chi connectivity index (χ0n) is 23.5. The number of carbonyl (C=O) groups excluding carboxylic acids is 1. The molecule has 2 aromatic carbocycles. The number of ketones is 1. The molecule has 4 rings (SSSR count). The molecule has 39 heavy (non-hydrogen) atoms. The number of allylic oxidation sites excluding steroid dienone is 1. The molecule has 0 bridgehead atoms. The second-order valence-electron chi connectivity index (χ2n) is 10.7. The molecule has 0 radical (unpaired) electrons. The number of unbranched alkanes of at least 4 members (excludes halogenated alkanes) is 2. The highest BCUT2D eigenvalue weighted by atomic mass is 32.2. The highest BCUT2D eigenvalue weighted by molar-refractivity contribution is 7.85. The Balaban J connectivity index is 1.69. The third-order valence-corrected chi connectivity index (χ3v) is 8.45. The van der Waals surface area contributed by atoms with E-state index in [1.165, 1.54) is 12.1 Å². The van der Waals surface area contributed by atoms with Crippen molar-refractivity contribution in [1.82, 2.24) is 0 Å². The van der Waals surface area contributed by atoms with Gasteiger partial charge >= 0.3 is 0 Å². The summed E-state index contributed by atoms with van der Waals surface area (Å²) in [5, 5.41) is 1.03.